The average molecular weight is 505 g/mol. The molecule has 174 valence electrons. The number of methoxy groups -OCH3 is 1. The summed E-state index contributed by atoms with van der Waals surface area (Å²) in [5, 5.41) is 1.82. The molecule has 5 aromatic rings. The predicted molar refractivity (Wildman–Crippen MR) is 136 cm³/mol. The zero-order chi connectivity index (χ0) is 24.4. The Morgan fingerprint density at radius 1 is 0.943 bits per heavy atom. The van der Waals surface area contributed by atoms with Crippen molar-refractivity contribution in [2.24, 2.45) is 0 Å². The van der Waals surface area contributed by atoms with Gasteiger partial charge in [0.1, 0.15) is 23.7 Å². The molecule has 1 atom stereocenters. The summed E-state index contributed by atoms with van der Waals surface area (Å²) in [6.45, 7) is 0. The fourth-order valence-electron chi connectivity index (χ4n) is 3.73. The van der Waals surface area contributed by atoms with Crippen molar-refractivity contribution in [3.63, 3.8) is 0 Å². The molecule has 2 aromatic heterocycles. The van der Waals surface area contributed by atoms with Crippen LogP contribution in [-0.2, 0) is 11.0 Å². The van der Waals surface area contributed by atoms with E-state index in [9.17, 15) is 8.60 Å². The molecule has 0 bridgehead atoms. The van der Waals surface area contributed by atoms with Crippen LogP contribution in [0.3, 0.4) is 0 Å². The van der Waals surface area contributed by atoms with Gasteiger partial charge in [0.15, 0.2) is 11.0 Å². The highest BCUT2D eigenvalue weighted by Crippen LogP contribution is 2.37. The lowest BCUT2D eigenvalue weighted by Crippen LogP contribution is -2.06. The van der Waals surface area contributed by atoms with Crippen molar-refractivity contribution in [1.29, 1.82) is 0 Å². The minimum absolute atomic E-state index is 0.0589. The fourth-order valence-corrected chi connectivity index (χ4v) is 4.77. The van der Waals surface area contributed by atoms with Crippen molar-refractivity contribution in [2.75, 3.05) is 11.8 Å². The van der Waals surface area contributed by atoms with Gasteiger partial charge in [0.05, 0.1) is 22.7 Å². The number of ether oxygens (including phenoxy) is 1. The van der Waals surface area contributed by atoms with E-state index in [1.54, 1.807) is 43.8 Å². The van der Waals surface area contributed by atoms with Crippen LogP contribution in [0.15, 0.2) is 90.3 Å². The molecule has 0 aliphatic heterocycles. The molecule has 9 heteroatoms. The van der Waals surface area contributed by atoms with Gasteiger partial charge in [-0.3, -0.25) is 9.71 Å². The Hall–Kier alpha value is -3.88. The topological polar surface area (TPSA) is 77.0 Å². The first-order chi connectivity index (χ1) is 17.0. The van der Waals surface area contributed by atoms with Crippen LogP contribution in [0.25, 0.3) is 33.2 Å². The molecule has 5 rings (SSSR count). The fraction of sp³-hybridized carbons (Fsp3) is 0.0385. The van der Waals surface area contributed by atoms with Crippen molar-refractivity contribution in [1.82, 2.24) is 15.0 Å². The van der Waals surface area contributed by atoms with E-state index in [1.807, 2.05) is 36.4 Å². The first-order valence-corrected chi connectivity index (χ1v) is 12.0. The maximum absolute atomic E-state index is 13.6. The molecule has 0 radical (unpaired) electrons. The molecule has 0 aliphatic carbocycles. The van der Waals surface area contributed by atoms with Gasteiger partial charge in [-0.15, -0.1) is 0 Å². The molecular formula is C26H18ClFN4O2S. The van der Waals surface area contributed by atoms with Crippen LogP contribution in [-0.4, -0.2) is 26.3 Å². The zero-order valence-corrected chi connectivity index (χ0v) is 20.0. The highest BCUT2D eigenvalue weighted by atomic mass is 35.5. The average Bonchev–Trinajstić information content (AvgIpc) is 2.89. The van der Waals surface area contributed by atoms with Crippen LogP contribution < -0.4 is 9.46 Å². The first kappa shape index (κ1) is 22.9. The van der Waals surface area contributed by atoms with Crippen molar-refractivity contribution in [2.45, 2.75) is 4.90 Å². The molecule has 3 aromatic carbocycles. The number of anilines is 1. The Kier molecular flexibility index (Phi) is 6.39. The second kappa shape index (κ2) is 9.77. The number of nitrogens with zero attached hydrogens (tertiary/aromatic N) is 3. The third-order valence-corrected chi connectivity index (χ3v) is 6.81. The molecular weight excluding hydrogens is 487 g/mol. The molecule has 0 aliphatic rings. The molecule has 1 unspecified atom stereocenters. The highest BCUT2D eigenvalue weighted by Gasteiger charge is 2.15. The normalized spacial score (nSPS) is 11.9. The monoisotopic (exact) mass is 504 g/mol. The van der Waals surface area contributed by atoms with Crippen LogP contribution in [0.5, 0.6) is 5.75 Å². The van der Waals surface area contributed by atoms with E-state index in [4.69, 9.17) is 16.3 Å². The second-order valence-corrected chi connectivity index (χ2v) is 9.17. The number of pyridine rings is 1. The second-order valence-electron chi connectivity index (χ2n) is 7.55. The van der Waals surface area contributed by atoms with E-state index in [0.717, 1.165) is 33.2 Å². The van der Waals surface area contributed by atoms with Gasteiger partial charge in [-0.2, -0.15) is 0 Å². The number of hydrogen-bond donors (Lipinski definition) is 1. The number of rotatable bonds is 6. The minimum atomic E-state index is -1.50. The van der Waals surface area contributed by atoms with E-state index in [-0.39, 0.29) is 5.02 Å². The molecule has 1 N–H and O–H groups in total. The predicted octanol–water partition coefficient (Wildman–Crippen LogP) is 6.29. The summed E-state index contributed by atoms with van der Waals surface area (Å²) in [5.74, 6) is 0.619. The van der Waals surface area contributed by atoms with E-state index in [1.165, 1.54) is 12.4 Å². The van der Waals surface area contributed by atoms with Crippen molar-refractivity contribution >= 4 is 39.2 Å². The molecule has 0 amide bonds. The molecule has 35 heavy (non-hydrogen) atoms. The van der Waals surface area contributed by atoms with Crippen molar-refractivity contribution < 1.29 is 13.3 Å². The summed E-state index contributed by atoms with van der Waals surface area (Å²) >= 11 is 5.96. The van der Waals surface area contributed by atoms with E-state index in [0.29, 0.717) is 16.5 Å². The summed E-state index contributed by atoms with van der Waals surface area (Å²) in [5.41, 5.74) is 3.13. The maximum Gasteiger partial charge on any atom is 0.151 e. The standard InChI is InChI=1S/C26H18ClFN4O2S/c1-34-24-14-17(16-3-7-23(28)22(27)13-16)2-5-21(24)26-20-6-4-19(12-18(20)8-11-30-26)35(33)32-25-9-10-29-15-31-25/h2-15H,1H3,(H,29,31,32). The first-order valence-electron chi connectivity index (χ1n) is 10.5. The Morgan fingerprint density at radius 3 is 2.54 bits per heavy atom. The Balaban J connectivity index is 1.51. The molecule has 0 fully saturated rings. The molecule has 0 saturated heterocycles. The van der Waals surface area contributed by atoms with Gasteiger partial charge in [0.25, 0.3) is 0 Å². The summed E-state index contributed by atoms with van der Waals surface area (Å²) < 4.78 is 34.9. The van der Waals surface area contributed by atoms with Crippen LogP contribution in [0.4, 0.5) is 10.2 Å². The van der Waals surface area contributed by atoms with Gasteiger partial charge in [-0.1, -0.05) is 29.8 Å². The highest BCUT2D eigenvalue weighted by molar-refractivity contribution is 7.86. The number of benzene rings is 3. The number of halogens is 2. The summed E-state index contributed by atoms with van der Waals surface area (Å²) in [7, 11) is 0.0903. The number of nitrogens with one attached hydrogen (secondary N) is 1. The van der Waals surface area contributed by atoms with Gasteiger partial charge in [0, 0.05) is 23.3 Å². The van der Waals surface area contributed by atoms with E-state index >= 15 is 0 Å². The third kappa shape index (κ3) is 4.71. The maximum atomic E-state index is 13.6. The number of fused-ring (bicyclic) bond motifs is 1. The summed E-state index contributed by atoms with van der Waals surface area (Å²) in [4.78, 5) is 13.1. The Morgan fingerprint density at radius 2 is 1.77 bits per heavy atom. The largest absolute Gasteiger partial charge is 0.496 e. The summed E-state index contributed by atoms with van der Waals surface area (Å²) in [6, 6.07) is 19.3. The van der Waals surface area contributed by atoms with E-state index in [2.05, 4.69) is 19.7 Å². The summed E-state index contributed by atoms with van der Waals surface area (Å²) in [6.07, 6.45) is 4.67. The number of hydrogen-bond acceptors (Lipinski definition) is 5. The lowest BCUT2D eigenvalue weighted by Gasteiger charge is -2.13. The van der Waals surface area contributed by atoms with Gasteiger partial charge >= 0.3 is 0 Å². The third-order valence-electron chi connectivity index (χ3n) is 5.44. The van der Waals surface area contributed by atoms with Gasteiger partial charge in [-0.25, -0.2) is 18.6 Å². The van der Waals surface area contributed by atoms with Crippen LogP contribution in [0, 0.1) is 5.82 Å². The Bertz CT molecular complexity index is 1570. The van der Waals surface area contributed by atoms with Crippen LogP contribution in [0.1, 0.15) is 0 Å². The van der Waals surface area contributed by atoms with Crippen LogP contribution >= 0.6 is 11.6 Å². The van der Waals surface area contributed by atoms with Gasteiger partial charge in [0.2, 0.25) is 0 Å². The molecule has 2 heterocycles. The lowest BCUT2D eigenvalue weighted by atomic mass is 9.99. The smallest absolute Gasteiger partial charge is 0.151 e. The van der Waals surface area contributed by atoms with E-state index < -0.39 is 16.8 Å². The molecule has 0 saturated carbocycles. The zero-order valence-electron chi connectivity index (χ0n) is 18.4. The minimum Gasteiger partial charge on any atom is -0.496 e. The molecule has 0 spiro atoms. The van der Waals surface area contributed by atoms with Gasteiger partial charge in [-0.05, 0) is 65.0 Å². The van der Waals surface area contributed by atoms with Crippen molar-refractivity contribution in [3.8, 4) is 28.1 Å². The Labute approximate surface area is 208 Å². The molecule has 6 nitrogen and oxygen atoms in total. The van der Waals surface area contributed by atoms with Crippen LogP contribution in [0.2, 0.25) is 5.02 Å². The van der Waals surface area contributed by atoms with Crippen molar-refractivity contribution in [3.05, 3.63) is 96.3 Å². The quantitative estimate of drug-likeness (QED) is 0.294. The lowest BCUT2D eigenvalue weighted by molar-refractivity contribution is 0.416. The SMILES string of the molecule is COc1cc(-c2ccc(F)c(Cl)c2)ccc1-c1nccc2cc(S(=O)Nc3ccncn3)ccc12. The van der Waals surface area contributed by atoms with Gasteiger partial charge < -0.3 is 4.74 Å². The number of aromatic nitrogens is 3.